The Bertz CT molecular complexity index is 1040. The molecule has 0 saturated heterocycles. The van der Waals surface area contributed by atoms with Gasteiger partial charge >= 0.3 is 0 Å². The van der Waals surface area contributed by atoms with Crippen molar-refractivity contribution >= 4 is 46.6 Å². The number of benzene rings is 2. The van der Waals surface area contributed by atoms with Crippen LogP contribution in [0.25, 0.3) is 0 Å². The first-order valence-electron chi connectivity index (χ1n) is 8.29. The van der Waals surface area contributed by atoms with Gasteiger partial charge in [-0.05, 0) is 48.5 Å². The maximum atomic E-state index is 12.5. The molecule has 2 amide bonds. The molecular weight excluding hydrogens is 420 g/mol. The Kier molecular flexibility index (Phi) is 6.79. The summed E-state index contributed by atoms with van der Waals surface area (Å²) in [5, 5.41) is 5.51. The van der Waals surface area contributed by atoms with Gasteiger partial charge in [0.05, 0.1) is 22.5 Å². The van der Waals surface area contributed by atoms with Crippen LogP contribution in [0.2, 0.25) is 5.02 Å². The molecule has 0 radical (unpaired) electrons. The Morgan fingerprint density at radius 2 is 1.76 bits per heavy atom. The first-order chi connectivity index (χ1) is 13.9. The lowest BCUT2D eigenvalue weighted by molar-refractivity contribution is 0.101. The topological polar surface area (TPSA) is 71.1 Å². The fraction of sp³-hybridized carbons (Fsp3) is 0.0500. The van der Waals surface area contributed by atoms with Crippen molar-refractivity contribution in [3.05, 3.63) is 83.1 Å². The molecule has 29 heavy (non-hydrogen) atoms. The summed E-state index contributed by atoms with van der Waals surface area (Å²) >= 11 is 6.47. The van der Waals surface area contributed by atoms with Crippen molar-refractivity contribution in [3.8, 4) is 0 Å². The number of thioether (sulfide) groups is 1. The van der Waals surface area contributed by atoms with Crippen LogP contribution in [0.1, 0.15) is 20.7 Å². The molecule has 2 N–H and O–H groups in total. The van der Waals surface area contributed by atoms with Crippen molar-refractivity contribution in [1.29, 1.82) is 0 Å². The van der Waals surface area contributed by atoms with Gasteiger partial charge in [0.2, 0.25) is 0 Å². The van der Waals surface area contributed by atoms with E-state index in [9.17, 15) is 18.4 Å². The number of rotatable bonds is 6. The van der Waals surface area contributed by atoms with Gasteiger partial charge in [0.25, 0.3) is 17.6 Å². The quantitative estimate of drug-likeness (QED) is 0.500. The van der Waals surface area contributed by atoms with E-state index < -0.39 is 17.6 Å². The van der Waals surface area contributed by atoms with Crippen LogP contribution in [-0.4, -0.2) is 22.6 Å². The Balaban J connectivity index is 1.76. The summed E-state index contributed by atoms with van der Waals surface area (Å²) in [6.07, 6.45) is 3.06. The minimum atomic E-state index is -2.58. The van der Waals surface area contributed by atoms with Crippen molar-refractivity contribution in [1.82, 2.24) is 4.98 Å². The molecule has 0 aliphatic carbocycles. The van der Waals surface area contributed by atoms with Crippen molar-refractivity contribution in [2.45, 2.75) is 10.7 Å². The Morgan fingerprint density at radius 3 is 2.48 bits per heavy atom. The fourth-order valence-electron chi connectivity index (χ4n) is 2.43. The zero-order valence-corrected chi connectivity index (χ0v) is 16.3. The molecule has 0 aliphatic rings. The maximum Gasteiger partial charge on any atom is 0.288 e. The summed E-state index contributed by atoms with van der Waals surface area (Å²) in [4.78, 5) is 29.1. The van der Waals surface area contributed by atoms with Gasteiger partial charge in [-0.3, -0.25) is 14.6 Å². The van der Waals surface area contributed by atoms with Gasteiger partial charge in [0.1, 0.15) is 0 Å². The average molecular weight is 434 g/mol. The smallest absolute Gasteiger partial charge is 0.288 e. The molecule has 0 saturated carbocycles. The SMILES string of the molecule is O=C(Nc1ccc(Cl)c(C(=O)Nc2cccnc2)c1)c1cccc(SC(F)F)c1. The van der Waals surface area contributed by atoms with Crippen LogP contribution < -0.4 is 10.6 Å². The number of anilines is 2. The van der Waals surface area contributed by atoms with E-state index in [-0.39, 0.29) is 21.0 Å². The number of carbonyl (C=O) groups is 2. The molecule has 3 aromatic rings. The molecule has 9 heteroatoms. The number of hydrogen-bond acceptors (Lipinski definition) is 4. The van der Waals surface area contributed by atoms with Crippen LogP contribution in [0.3, 0.4) is 0 Å². The highest BCUT2D eigenvalue weighted by molar-refractivity contribution is 7.99. The lowest BCUT2D eigenvalue weighted by Gasteiger charge is -2.10. The van der Waals surface area contributed by atoms with E-state index in [0.29, 0.717) is 23.1 Å². The molecule has 1 heterocycles. The van der Waals surface area contributed by atoms with Gasteiger partial charge in [0.15, 0.2) is 0 Å². The van der Waals surface area contributed by atoms with Gasteiger partial charge in [-0.25, -0.2) is 0 Å². The summed E-state index contributed by atoms with van der Waals surface area (Å²) in [7, 11) is 0. The Morgan fingerprint density at radius 1 is 0.966 bits per heavy atom. The van der Waals surface area contributed by atoms with E-state index in [1.807, 2.05) is 0 Å². The van der Waals surface area contributed by atoms with E-state index >= 15 is 0 Å². The fourth-order valence-corrected chi connectivity index (χ4v) is 3.19. The molecule has 148 valence electrons. The zero-order chi connectivity index (χ0) is 20.8. The number of nitrogens with zero attached hydrogens (tertiary/aromatic N) is 1. The number of aromatic nitrogens is 1. The highest BCUT2D eigenvalue weighted by Gasteiger charge is 2.14. The van der Waals surface area contributed by atoms with Crippen LogP contribution in [-0.2, 0) is 0 Å². The third-order valence-electron chi connectivity index (χ3n) is 3.71. The molecule has 0 aliphatic heterocycles. The largest absolute Gasteiger partial charge is 0.322 e. The Labute approximate surface area is 174 Å². The second-order valence-corrected chi connectivity index (χ2v) is 7.22. The number of nitrogens with one attached hydrogen (secondary N) is 2. The van der Waals surface area contributed by atoms with E-state index in [2.05, 4.69) is 15.6 Å². The number of alkyl halides is 2. The predicted molar refractivity (Wildman–Crippen MR) is 110 cm³/mol. The number of carbonyl (C=O) groups excluding carboxylic acids is 2. The zero-order valence-electron chi connectivity index (χ0n) is 14.7. The third-order valence-corrected chi connectivity index (χ3v) is 4.74. The van der Waals surface area contributed by atoms with Gasteiger partial charge < -0.3 is 10.6 Å². The molecule has 0 unspecified atom stereocenters. The summed E-state index contributed by atoms with van der Waals surface area (Å²) in [6.45, 7) is 0. The van der Waals surface area contributed by atoms with Gasteiger partial charge in [-0.1, -0.05) is 29.4 Å². The summed E-state index contributed by atoms with van der Waals surface area (Å²) < 4.78 is 25.0. The van der Waals surface area contributed by atoms with Crippen molar-refractivity contribution < 1.29 is 18.4 Å². The van der Waals surface area contributed by atoms with Crippen LogP contribution in [0.15, 0.2) is 71.9 Å². The predicted octanol–water partition coefficient (Wildman–Crippen LogP) is 5.55. The van der Waals surface area contributed by atoms with Crippen LogP contribution in [0.5, 0.6) is 0 Å². The molecule has 5 nitrogen and oxygen atoms in total. The highest BCUT2D eigenvalue weighted by atomic mass is 35.5. The molecule has 1 aromatic heterocycles. The molecule has 0 bridgehead atoms. The highest BCUT2D eigenvalue weighted by Crippen LogP contribution is 2.26. The lowest BCUT2D eigenvalue weighted by atomic mass is 10.1. The molecule has 0 atom stereocenters. The number of halogens is 3. The normalized spacial score (nSPS) is 10.6. The first-order valence-corrected chi connectivity index (χ1v) is 9.55. The second-order valence-electron chi connectivity index (χ2n) is 5.75. The number of hydrogen-bond donors (Lipinski definition) is 2. The van der Waals surface area contributed by atoms with Crippen molar-refractivity contribution in [2.24, 2.45) is 0 Å². The van der Waals surface area contributed by atoms with Gasteiger partial charge in [-0.2, -0.15) is 8.78 Å². The van der Waals surface area contributed by atoms with Crippen LogP contribution >= 0.6 is 23.4 Å². The van der Waals surface area contributed by atoms with Gasteiger partial charge in [-0.15, -0.1) is 0 Å². The standard InChI is InChI=1S/C20H14ClF2N3O2S/c21-17-7-6-13(10-16(17)19(28)26-14-4-2-8-24-11-14)25-18(27)12-3-1-5-15(9-12)29-20(22)23/h1-11,20H,(H,25,27)(H,26,28). The molecular formula is C20H14ClF2N3O2S. The number of amides is 2. The molecule has 0 fully saturated rings. The van der Waals surface area contributed by atoms with Crippen LogP contribution in [0.4, 0.5) is 20.2 Å². The minimum absolute atomic E-state index is 0.162. The number of pyridine rings is 1. The van der Waals surface area contributed by atoms with E-state index in [1.54, 1.807) is 24.4 Å². The van der Waals surface area contributed by atoms with Crippen molar-refractivity contribution in [2.75, 3.05) is 10.6 Å². The van der Waals surface area contributed by atoms with Crippen LogP contribution in [0, 0.1) is 0 Å². The Hall–Kier alpha value is -2.97. The summed E-state index contributed by atoms with van der Waals surface area (Å²) in [5.41, 5.74) is 1.21. The summed E-state index contributed by atoms with van der Waals surface area (Å²) in [5.74, 6) is -3.54. The maximum absolute atomic E-state index is 12.5. The lowest BCUT2D eigenvalue weighted by Crippen LogP contribution is -2.15. The monoisotopic (exact) mass is 433 g/mol. The van der Waals surface area contributed by atoms with E-state index in [1.165, 1.54) is 42.6 Å². The van der Waals surface area contributed by atoms with Gasteiger partial charge in [0, 0.05) is 22.3 Å². The summed E-state index contributed by atoms with van der Waals surface area (Å²) in [6, 6.07) is 13.7. The second kappa shape index (κ2) is 9.49. The van der Waals surface area contributed by atoms with Crippen molar-refractivity contribution in [3.63, 3.8) is 0 Å². The van der Waals surface area contributed by atoms with E-state index in [0.717, 1.165) is 0 Å². The molecule has 2 aromatic carbocycles. The molecule has 0 spiro atoms. The first kappa shape index (κ1) is 20.8. The van der Waals surface area contributed by atoms with E-state index in [4.69, 9.17) is 11.6 Å². The molecule has 3 rings (SSSR count). The average Bonchev–Trinajstić information content (AvgIpc) is 2.70. The third kappa shape index (κ3) is 5.75. The minimum Gasteiger partial charge on any atom is -0.322 e.